The van der Waals surface area contributed by atoms with Gasteiger partial charge in [-0.05, 0) is 32.1 Å². The lowest BCUT2D eigenvalue weighted by Crippen LogP contribution is -2.55. The van der Waals surface area contributed by atoms with Crippen LogP contribution in [0.3, 0.4) is 0 Å². The van der Waals surface area contributed by atoms with E-state index in [1.807, 2.05) is 72.9 Å². The number of quaternary nitrogens is 1. The molecule has 0 rings (SSSR count). The van der Waals surface area contributed by atoms with Crippen molar-refractivity contribution in [1.82, 2.24) is 0 Å². The minimum atomic E-state index is -1.13. The first kappa shape index (κ1) is 59.5. The van der Waals surface area contributed by atoms with Gasteiger partial charge in [0, 0.05) is 19.3 Å². The van der Waals surface area contributed by atoms with Gasteiger partial charge in [-0.3, -0.25) is 9.59 Å². The minimum absolute atomic E-state index is 0.0187. The van der Waals surface area contributed by atoms with E-state index < -0.39 is 18.1 Å². The average Bonchev–Trinajstić information content (AvgIpc) is 3.24. The van der Waals surface area contributed by atoms with Crippen LogP contribution in [0.15, 0.2) is 85.1 Å². The average molecular weight is 880 g/mol. The van der Waals surface area contributed by atoms with Crippen LogP contribution in [0.25, 0.3) is 0 Å². The molecular formula is C55H93NO7. The number of carbonyl (C=O) groups is 3. The molecule has 2 atom stereocenters. The molecule has 0 bridgehead atoms. The Morgan fingerprint density at radius 1 is 0.492 bits per heavy atom. The molecule has 0 aliphatic carbocycles. The quantitative estimate of drug-likeness (QED) is 0.0260. The van der Waals surface area contributed by atoms with E-state index in [1.54, 1.807) is 21.1 Å². The summed E-state index contributed by atoms with van der Waals surface area (Å²) in [6.45, 7) is 4.48. The fourth-order valence-corrected chi connectivity index (χ4v) is 7.11. The van der Waals surface area contributed by atoms with Crippen molar-refractivity contribution >= 4 is 17.9 Å². The zero-order valence-corrected chi connectivity index (χ0v) is 41.0. The van der Waals surface area contributed by atoms with Gasteiger partial charge in [-0.25, -0.2) is 0 Å². The largest absolute Gasteiger partial charge is 0.544 e. The fourth-order valence-electron chi connectivity index (χ4n) is 7.11. The van der Waals surface area contributed by atoms with Crippen LogP contribution in [0.4, 0.5) is 0 Å². The summed E-state index contributed by atoms with van der Waals surface area (Å²) in [5, 5.41) is 11.7. The number of allylic oxidation sites excluding steroid dienone is 14. The molecule has 8 nitrogen and oxygen atoms in total. The molecule has 0 heterocycles. The summed E-state index contributed by atoms with van der Waals surface area (Å²) in [6.07, 6.45) is 59.0. The summed E-state index contributed by atoms with van der Waals surface area (Å²) in [7, 11) is 5.39. The summed E-state index contributed by atoms with van der Waals surface area (Å²) in [5.74, 6) is -1.80. The lowest BCUT2D eigenvalue weighted by Gasteiger charge is -2.34. The highest BCUT2D eigenvalue weighted by Crippen LogP contribution is 2.16. The first-order chi connectivity index (χ1) is 30.6. The van der Waals surface area contributed by atoms with Crippen LogP contribution >= 0.6 is 0 Å². The maximum Gasteiger partial charge on any atom is 0.306 e. The second-order valence-electron chi connectivity index (χ2n) is 17.9. The Hall–Kier alpha value is -3.49. The number of ether oxygens (including phenoxy) is 3. The highest BCUT2D eigenvalue weighted by atomic mass is 16.6. The van der Waals surface area contributed by atoms with E-state index in [1.165, 1.54) is 109 Å². The van der Waals surface area contributed by atoms with E-state index in [9.17, 15) is 19.5 Å². The number of unbranched alkanes of at least 4 members (excludes halogenated alkanes) is 22. The van der Waals surface area contributed by atoms with Crippen molar-refractivity contribution in [3.05, 3.63) is 85.1 Å². The molecule has 0 fully saturated rings. The highest BCUT2D eigenvalue weighted by molar-refractivity contribution is 5.70. The Morgan fingerprint density at radius 2 is 0.889 bits per heavy atom. The Balaban J connectivity index is 4.35. The molecule has 63 heavy (non-hydrogen) atoms. The molecule has 360 valence electrons. The molecular weight excluding hydrogens is 787 g/mol. The maximum atomic E-state index is 12.8. The normalized spacial score (nSPS) is 13.6. The summed E-state index contributed by atoms with van der Waals surface area (Å²) in [6, 6.07) is -0.739. The third-order valence-corrected chi connectivity index (χ3v) is 11.0. The van der Waals surface area contributed by atoms with Gasteiger partial charge < -0.3 is 28.6 Å². The Morgan fingerprint density at radius 3 is 1.32 bits per heavy atom. The van der Waals surface area contributed by atoms with Crippen LogP contribution in [0.2, 0.25) is 0 Å². The standard InChI is InChI=1S/C55H93NO7/c1-6-8-10-12-14-16-18-20-22-24-26-28-29-31-33-35-37-39-41-43-45-53(57)62-50-51(49-61-48-47-52(55(59)60)56(3,4)5)63-54(58)46-44-42-40-38-36-34-32-30-27-25-23-21-19-17-15-13-11-9-7-2/h9,11,13,15,17,19,21,23,25,27,30,32,34,36,51-52H,6-8,10,12,14,16,18,20,22,24,26,28-29,31,33,35,37-50H2,1-5H3/b11-9+,15-13+,19-17+,23-21+,27-25+,32-30+,36-34+. The first-order valence-electron chi connectivity index (χ1n) is 25.2. The van der Waals surface area contributed by atoms with Gasteiger partial charge in [0.2, 0.25) is 0 Å². The Bertz CT molecular complexity index is 1300. The molecule has 8 heteroatoms. The van der Waals surface area contributed by atoms with Gasteiger partial charge in [-0.2, -0.15) is 0 Å². The third-order valence-electron chi connectivity index (χ3n) is 11.0. The van der Waals surface area contributed by atoms with Crippen molar-refractivity contribution in [1.29, 1.82) is 0 Å². The Labute approximate surface area is 386 Å². The predicted octanol–water partition coefficient (Wildman–Crippen LogP) is 13.1. The van der Waals surface area contributed by atoms with Crippen molar-refractivity contribution in [3.63, 3.8) is 0 Å². The van der Waals surface area contributed by atoms with Crippen molar-refractivity contribution in [2.75, 3.05) is 41.0 Å². The van der Waals surface area contributed by atoms with Crippen LogP contribution in [0, 0.1) is 0 Å². The van der Waals surface area contributed by atoms with Gasteiger partial charge in [0.15, 0.2) is 6.10 Å². The lowest BCUT2D eigenvalue weighted by atomic mass is 10.0. The first-order valence-corrected chi connectivity index (χ1v) is 25.2. The summed E-state index contributed by atoms with van der Waals surface area (Å²) < 4.78 is 17.2. The van der Waals surface area contributed by atoms with Gasteiger partial charge in [-0.1, -0.05) is 227 Å². The lowest BCUT2D eigenvalue weighted by molar-refractivity contribution is -0.889. The molecule has 0 aliphatic heterocycles. The molecule has 0 spiro atoms. The second kappa shape index (κ2) is 45.1. The number of carboxylic acids is 1. The zero-order chi connectivity index (χ0) is 46.3. The molecule has 0 aromatic heterocycles. The topological polar surface area (TPSA) is 102 Å². The van der Waals surface area contributed by atoms with E-state index in [2.05, 4.69) is 26.0 Å². The Kier molecular flexibility index (Phi) is 42.6. The molecule has 0 amide bonds. The second-order valence-corrected chi connectivity index (χ2v) is 17.9. The molecule has 2 unspecified atom stereocenters. The van der Waals surface area contributed by atoms with Gasteiger partial charge in [0.25, 0.3) is 0 Å². The van der Waals surface area contributed by atoms with Crippen LogP contribution in [0.1, 0.15) is 194 Å². The number of rotatable bonds is 44. The summed E-state index contributed by atoms with van der Waals surface area (Å²) in [4.78, 5) is 37.0. The summed E-state index contributed by atoms with van der Waals surface area (Å²) in [5.41, 5.74) is 0. The van der Waals surface area contributed by atoms with Crippen molar-refractivity contribution < 1.29 is 38.2 Å². The van der Waals surface area contributed by atoms with Crippen molar-refractivity contribution in [2.24, 2.45) is 0 Å². The maximum absolute atomic E-state index is 12.8. The van der Waals surface area contributed by atoms with Gasteiger partial charge >= 0.3 is 11.9 Å². The van der Waals surface area contributed by atoms with Crippen molar-refractivity contribution in [3.8, 4) is 0 Å². The van der Waals surface area contributed by atoms with Crippen LogP contribution < -0.4 is 5.11 Å². The number of nitrogens with zero attached hydrogens (tertiary/aromatic N) is 1. The molecule has 0 N–H and O–H groups in total. The number of aliphatic carboxylic acids is 1. The van der Waals surface area contributed by atoms with E-state index in [-0.39, 0.29) is 49.1 Å². The van der Waals surface area contributed by atoms with Gasteiger partial charge in [0.05, 0.1) is 40.3 Å². The zero-order valence-electron chi connectivity index (χ0n) is 41.0. The fraction of sp³-hybridized carbons (Fsp3) is 0.691. The summed E-state index contributed by atoms with van der Waals surface area (Å²) >= 11 is 0. The molecule has 0 aliphatic rings. The minimum Gasteiger partial charge on any atom is -0.544 e. The van der Waals surface area contributed by atoms with Crippen LogP contribution in [0.5, 0.6) is 0 Å². The molecule has 0 radical (unpaired) electrons. The van der Waals surface area contributed by atoms with Crippen molar-refractivity contribution in [2.45, 2.75) is 206 Å². The number of likely N-dealkylation sites (N-methyl/N-ethyl adjacent to an activating group) is 1. The van der Waals surface area contributed by atoms with Crippen LogP contribution in [-0.4, -0.2) is 75.5 Å². The van der Waals surface area contributed by atoms with E-state index in [0.717, 1.165) is 44.9 Å². The molecule has 0 saturated carbocycles. The number of carboxylic acid groups (broad SMARTS) is 1. The molecule has 0 saturated heterocycles. The SMILES string of the molecule is CC/C=C/C=C/C=C/C=C/C=C/C=C/C=C/CCCCCC(=O)OC(COCCC(C(=O)[O-])[N+](C)(C)C)COC(=O)CCCCCCCCCCCCCCCCCCCCCC. The number of hydrogen-bond acceptors (Lipinski definition) is 7. The predicted molar refractivity (Wildman–Crippen MR) is 263 cm³/mol. The smallest absolute Gasteiger partial charge is 0.306 e. The van der Waals surface area contributed by atoms with E-state index in [4.69, 9.17) is 14.2 Å². The number of carbonyl (C=O) groups excluding carboxylic acids is 3. The number of esters is 2. The monoisotopic (exact) mass is 880 g/mol. The molecule has 0 aromatic carbocycles. The van der Waals surface area contributed by atoms with E-state index in [0.29, 0.717) is 12.8 Å². The number of hydrogen-bond donors (Lipinski definition) is 0. The third kappa shape index (κ3) is 43.5. The van der Waals surface area contributed by atoms with Crippen LogP contribution in [-0.2, 0) is 28.6 Å². The van der Waals surface area contributed by atoms with E-state index >= 15 is 0 Å². The van der Waals surface area contributed by atoms with Gasteiger partial charge in [0.1, 0.15) is 12.6 Å². The highest BCUT2D eigenvalue weighted by Gasteiger charge is 2.25. The molecule has 0 aromatic rings. The van der Waals surface area contributed by atoms with Gasteiger partial charge in [-0.15, -0.1) is 0 Å².